The van der Waals surface area contributed by atoms with E-state index in [9.17, 15) is 13.2 Å². The summed E-state index contributed by atoms with van der Waals surface area (Å²) in [6.07, 6.45) is 5.11. The Kier molecular flexibility index (Phi) is 6.96. The van der Waals surface area contributed by atoms with Gasteiger partial charge >= 0.3 is 0 Å². The number of hydrogen-bond donors (Lipinski definition) is 1. The number of halogens is 1. The molecule has 2 aromatic rings. The van der Waals surface area contributed by atoms with Crippen LogP contribution in [0, 0.1) is 0 Å². The number of hydrogen-bond acceptors (Lipinski definition) is 4. The van der Waals surface area contributed by atoms with Crippen molar-refractivity contribution in [1.82, 2.24) is 9.21 Å². The molecule has 0 saturated carbocycles. The summed E-state index contributed by atoms with van der Waals surface area (Å²) in [5.74, 6) is -0.347. The molecular weight excluding hydrogens is 434 g/mol. The van der Waals surface area contributed by atoms with Crippen LogP contribution in [0.15, 0.2) is 47.4 Å². The van der Waals surface area contributed by atoms with Crippen molar-refractivity contribution in [2.24, 2.45) is 0 Å². The van der Waals surface area contributed by atoms with Gasteiger partial charge < -0.3 is 5.32 Å². The van der Waals surface area contributed by atoms with Gasteiger partial charge in [0.25, 0.3) is 5.91 Å². The highest BCUT2D eigenvalue weighted by atomic mass is 35.5. The Balaban J connectivity index is 1.55. The molecule has 31 heavy (non-hydrogen) atoms. The van der Waals surface area contributed by atoms with Gasteiger partial charge in [0.15, 0.2) is 0 Å². The molecule has 0 aliphatic carbocycles. The van der Waals surface area contributed by atoms with Gasteiger partial charge in [-0.1, -0.05) is 36.2 Å². The lowest BCUT2D eigenvalue weighted by Crippen LogP contribution is -2.35. The number of nitrogens with zero attached hydrogens (tertiary/aromatic N) is 2. The molecule has 0 unspecified atom stereocenters. The molecule has 2 saturated heterocycles. The van der Waals surface area contributed by atoms with Gasteiger partial charge in [0.2, 0.25) is 10.0 Å². The number of piperidine rings is 1. The maximum Gasteiger partial charge on any atom is 0.255 e. The number of para-hydroxylation sites is 1. The van der Waals surface area contributed by atoms with Crippen molar-refractivity contribution in [3.05, 3.63) is 58.6 Å². The van der Waals surface area contributed by atoms with Crippen molar-refractivity contribution < 1.29 is 13.2 Å². The third-order valence-electron chi connectivity index (χ3n) is 5.98. The summed E-state index contributed by atoms with van der Waals surface area (Å²) in [7, 11) is -3.73. The number of carbonyl (C=O) groups is 1. The Bertz CT molecular complexity index is 1050. The maximum absolute atomic E-state index is 13.1. The van der Waals surface area contributed by atoms with Crippen LogP contribution in [0.25, 0.3) is 0 Å². The van der Waals surface area contributed by atoms with Crippen LogP contribution in [-0.2, 0) is 16.6 Å². The summed E-state index contributed by atoms with van der Waals surface area (Å²) >= 11 is 6.24. The predicted octanol–water partition coefficient (Wildman–Crippen LogP) is 4.36. The first kappa shape index (κ1) is 22.3. The quantitative estimate of drug-likeness (QED) is 0.693. The summed E-state index contributed by atoms with van der Waals surface area (Å²) in [6, 6.07) is 12.2. The highest BCUT2D eigenvalue weighted by Crippen LogP contribution is 2.28. The van der Waals surface area contributed by atoms with E-state index < -0.39 is 10.0 Å². The number of carbonyl (C=O) groups excluding carboxylic acids is 1. The minimum atomic E-state index is -3.73. The van der Waals surface area contributed by atoms with Gasteiger partial charge in [-0.15, -0.1) is 0 Å². The Morgan fingerprint density at radius 2 is 1.61 bits per heavy atom. The zero-order valence-corrected chi connectivity index (χ0v) is 19.1. The molecule has 2 fully saturated rings. The topological polar surface area (TPSA) is 69.7 Å². The molecule has 1 amide bonds. The van der Waals surface area contributed by atoms with Crippen molar-refractivity contribution >= 4 is 33.2 Å². The van der Waals surface area contributed by atoms with Crippen LogP contribution >= 0.6 is 11.6 Å². The fourth-order valence-corrected chi connectivity index (χ4v) is 6.26. The number of rotatable bonds is 6. The third-order valence-corrected chi connectivity index (χ3v) is 8.36. The van der Waals surface area contributed by atoms with E-state index in [4.69, 9.17) is 11.6 Å². The fourth-order valence-electron chi connectivity index (χ4n) is 4.24. The lowest BCUT2D eigenvalue weighted by molar-refractivity contribution is 0.102. The van der Waals surface area contributed by atoms with Crippen molar-refractivity contribution in [1.29, 1.82) is 0 Å². The molecule has 0 radical (unpaired) electrons. The van der Waals surface area contributed by atoms with E-state index in [-0.39, 0.29) is 21.4 Å². The molecule has 0 atom stereocenters. The Hall–Kier alpha value is -1.93. The SMILES string of the molecule is O=C(Nc1ccccc1CN1CCCC1)c1ccc(Cl)c(S(=O)(=O)N2CCCCC2)c1. The standard InChI is InChI=1S/C23H28ClN3O3S/c24-20-11-10-18(16-22(20)31(29,30)27-14-4-1-5-15-27)23(28)25-21-9-3-2-8-19(21)17-26-12-6-7-13-26/h2-3,8-11,16H,1,4-7,12-15,17H2,(H,25,28). The molecule has 0 bridgehead atoms. The van der Waals surface area contributed by atoms with Crippen molar-refractivity contribution in [2.45, 2.75) is 43.5 Å². The van der Waals surface area contributed by atoms with E-state index in [1.54, 1.807) is 6.07 Å². The van der Waals surface area contributed by atoms with E-state index in [0.29, 0.717) is 13.1 Å². The zero-order valence-electron chi connectivity index (χ0n) is 17.5. The molecule has 166 valence electrons. The summed E-state index contributed by atoms with van der Waals surface area (Å²) in [4.78, 5) is 15.4. The number of sulfonamides is 1. The Labute approximate surface area is 189 Å². The van der Waals surface area contributed by atoms with E-state index in [0.717, 1.165) is 50.1 Å². The van der Waals surface area contributed by atoms with Crippen molar-refractivity contribution in [3.8, 4) is 0 Å². The fraction of sp³-hybridized carbons (Fsp3) is 0.435. The number of nitrogens with one attached hydrogen (secondary N) is 1. The van der Waals surface area contributed by atoms with Gasteiger partial charge in [0.05, 0.1) is 5.02 Å². The largest absolute Gasteiger partial charge is 0.322 e. The summed E-state index contributed by atoms with van der Waals surface area (Å²) in [6.45, 7) is 3.89. The molecule has 1 N–H and O–H groups in total. The molecule has 6 nitrogen and oxygen atoms in total. The lowest BCUT2D eigenvalue weighted by atomic mass is 10.1. The highest BCUT2D eigenvalue weighted by molar-refractivity contribution is 7.89. The van der Waals surface area contributed by atoms with E-state index in [1.165, 1.54) is 29.3 Å². The molecule has 2 aromatic carbocycles. The van der Waals surface area contributed by atoms with Crippen LogP contribution in [0.4, 0.5) is 5.69 Å². The molecule has 2 heterocycles. The molecule has 8 heteroatoms. The second kappa shape index (κ2) is 9.69. The van der Waals surface area contributed by atoms with Crippen molar-refractivity contribution in [2.75, 3.05) is 31.5 Å². The Morgan fingerprint density at radius 3 is 2.35 bits per heavy atom. The van der Waals surface area contributed by atoms with E-state index >= 15 is 0 Å². The summed E-state index contributed by atoms with van der Waals surface area (Å²) in [5.41, 5.74) is 2.07. The second-order valence-corrected chi connectivity index (χ2v) is 10.5. The number of anilines is 1. The minimum absolute atomic E-state index is 0.00549. The van der Waals surface area contributed by atoms with Crippen LogP contribution in [0.2, 0.25) is 5.02 Å². The monoisotopic (exact) mass is 461 g/mol. The third kappa shape index (κ3) is 5.12. The van der Waals surface area contributed by atoms with Gasteiger partial charge in [-0.3, -0.25) is 9.69 Å². The average molecular weight is 462 g/mol. The van der Waals surface area contributed by atoms with Gasteiger partial charge in [-0.05, 0) is 68.6 Å². The van der Waals surface area contributed by atoms with E-state index in [2.05, 4.69) is 10.2 Å². The number of benzene rings is 2. The maximum atomic E-state index is 13.1. The van der Waals surface area contributed by atoms with E-state index in [1.807, 2.05) is 24.3 Å². The van der Waals surface area contributed by atoms with Crippen LogP contribution in [0.1, 0.15) is 48.0 Å². The zero-order chi connectivity index (χ0) is 21.8. The van der Waals surface area contributed by atoms with Gasteiger partial charge in [0, 0.05) is 30.9 Å². The molecule has 0 aromatic heterocycles. The summed E-state index contributed by atoms with van der Waals surface area (Å²) in [5, 5.41) is 3.10. The van der Waals surface area contributed by atoms with Crippen molar-refractivity contribution in [3.63, 3.8) is 0 Å². The lowest BCUT2D eigenvalue weighted by Gasteiger charge is -2.26. The minimum Gasteiger partial charge on any atom is -0.322 e. The van der Waals surface area contributed by atoms with Gasteiger partial charge in [0.1, 0.15) is 4.90 Å². The van der Waals surface area contributed by atoms with Crippen LogP contribution < -0.4 is 5.32 Å². The van der Waals surface area contributed by atoms with Crippen LogP contribution in [0.5, 0.6) is 0 Å². The Morgan fingerprint density at radius 1 is 0.935 bits per heavy atom. The smallest absolute Gasteiger partial charge is 0.255 e. The van der Waals surface area contributed by atoms with Crippen LogP contribution in [-0.4, -0.2) is 49.7 Å². The van der Waals surface area contributed by atoms with Gasteiger partial charge in [-0.2, -0.15) is 4.31 Å². The molecular formula is C23H28ClN3O3S. The molecule has 0 spiro atoms. The normalized spacial score (nSPS) is 18.2. The number of amides is 1. The second-order valence-electron chi connectivity index (χ2n) is 8.20. The first-order chi connectivity index (χ1) is 14.9. The molecule has 2 aliphatic heterocycles. The van der Waals surface area contributed by atoms with Gasteiger partial charge in [-0.25, -0.2) is 8.42 Å². The molecule has 4 rings (SSSR count). The average Bonchev–Trinajstić information content (AvgIpc) is 3.29. The first-order valence-corrected chi connectivity index (χ1v) is 12.7. The number of likely N-dealkylation sites (tertiary alicyclic amines) is 1. The highest BCUT2D eigenvalue weighted by Gasteiger charge is 2.29. The first-order valence-electron chi connectivity index (χ1n) is 10.9. The predicted molar refractivity (Wildman–Crippen MR) is 123 cm³/mol. The summed E-state index contributed by atoms with van der Waals surface area (Å²) < 4.78 is 27.6. The molecule has 2 aliphatic rings. The van der Waals surface area contributed by atoms with Crippen LogP contribution in [0.3, 0.4) is 0 Å².